The first-order valence-corrected chi connectivity index (χ1v) is 10.3. The first kappa shape index (κ1) is 13.7. The molecule has 2 atom stereocenters. The van der Waals surface area contributed by atoms with Gasteiger partial charge < -0.3 is 0 Å². The van der Waals surface area contributed by atoms with Crippen molar-refractivity contribution in [2.75, 3.05) is 0 Å². The summed E-state index contributed by atoms with van der Waals surface area (Å²) in [5, 5.41) is -1.27. The smallest absolute Gasteiger partial charge is 0.271 e. The monoisotopic (exact) mass is 260 g/mol. The van der Waals surface area contributed by atoms with Gasteiger partial charge in [0.15, 0.2) is 0 Å². The van der Waals surface area contributed by atoms with Crippen LogP contribution >= 0.6 is 0 Å². The molecule has 1 aliphatic rings. The molecular weight excluding hydrogens is 240 g/mol. The summed E-state index contributed by atoms with van der Waals surface area (Å²) in [6.45, 7) is 10.2. The Bertz CT molecular complexity index is 442. The van der Waals surface area contributed by atoms with E-state index in [0.29, 0.717) is 0 Å². The molecular formula is C11H20O3SSi. The van der Waals surface area contributed by atoms with Crippen molar-refractivity contribution in [3.8, 4) is 0 Å². The second-order valence-electron chi connectivity index (χ2n) is 5.72. The SMILES string of the molecule is CC1=CC(C)([Si](C)(C)C)C(S(=O)(=O)O)C=C1. The Hall–Kier alpha value is -0.393. The topological polar surface area (TPSA) is 54.4 Å². The predicted molar refractivity (Wildman–Crippen MR) is 69.9 cm³/mol. The van der Waals surface area contributed by atoms with Crippen molar-refractivity contribution < 1.29 is 13.0 Å². The zero-order chi connectivity index (χ0) is 12.8. The third-order valence-electron chi connectivity index (χ3n) is 3.59. The normalized spacial score (nSPS) is 31.4. The van der Waals surface area contributed by atoms with Gasteiger partial charge in [-0.05, 0) is 6.92 Å². The molecule has 0 radical (unpaired) electrons. The molecule has 0 saturated carbocycles. The summed E-state index contributed by atoms with van der Waals surface area (Å²) in [6.07, 6.45) is 5.38. The van der Waals surface area contributed by atoms with Gasteiger partial charge in [-0.15, -0.1) is 0 Å². The van der Waals surface area contributed by atoms with Crippen LogP contribution in [0.1, 0.15) is 13.8 Å². The average Bonchev–Trinajstić information content (AvgIpc) is 1.98. The van der Waals surface area contributed by atoms with Crippen molar-refractivity contribution >= 4 is 18.2 Å². The number of hydrogen-bond donors (Lipinski definition) is 1. The maximum atomic E-state index is 11.5. The summed E-state index contributed by atoms with van der Waals surface area (Å²) in [7, 11) is -5.80. The van der Waals surface area contributed by atoms with Gasteiger partial charge in [-0.1, -0.05) is 50.4 Å². The maximum Gasteiger partial charge on any atom is 0.271 e. The van der Waals surface area contributed by atoms with Crippen LogP contribution in [0.2, 0.25) is 24.7 Å². The molecule has 0 fully saturated rings. The highest BCUT2D eigenvalue weighted by Crippen LogP contribution is 2.48. The zero-order valence-corrected chi connectivity index (χ0v) is 12.3. The van der Waals surface area contributed by atoms with E-state index in [1.54, 1.807) is 12.2 Å². The predicted octanol–water partition coefficient (Wildman–Crippen LogP) is 2.86. The molecule has 3 nitrogen and oxygen atoms in total. The van der Waals surface area contributed by atoms with Gasteiger partial charge in [0.25, 0.3) is 10.1 Å². The molecule has 0 saturated heterocycles. The minimum absolute atomic E-state index is 0.459. The zero-order valence-electron chi connectivity index (χ0n) is 10.5. The molecule has 92 valence electrons. The lowest BCUT2D eigenvalue weighted by Gasteiger charge is -2.43. The fraction of sp³-hybridized carbons (Fsp3) is 0.636. The van der Waals surface area contributed by atoms with Crippen LogP contribution in [0, 0.1) is 0 Å². The van der Waals surface area contributed by atoms with E-state index in [1.165, 1.54) is 0 Å². The minimum atomic E-state index is -4.04. The van der Waals surface area contributed by atoms with E-state index < -0.39 is 28.5 Å². The van der Waals surface area contributed by atoms with Crippen molar-refractivity contribution in [3.05, 3.63) is 23.8 Å². The molecule has 1 N–H and O–H groups in total. The third-order valence-corrected chi connectivity index (χ3v) is 8.77. The van der Waals surface area contributed by atoms with Crippen LogP contribution in [0.25, 0.3) is 0 Å². The highest BCUT2D eigenvalue weighted by molar-refractivity contribution is 7.86. The minimum Gasteiger partial charge on any atom is -0.285 e. The second-order valence-corrected chi connectivity index (χ2v) is 12.8. The molecule has 0 aromatic carbocycles. The van der Waals surface area contributed by atoms with Crippen molar-refractivity contribution in [1.82, 2.24) is 0 Å². The third kappa shape index (κ3) is 2.31. The molecule has 0 aromatic rings. The summed E-state index contributed by atoms with van der Waals surface area (Å²) < 4.78 is 32.2. The van der Waals surface area contributed by atoms with Gasteiger partial charge in [0, 0.05) is 5.04 Å². The van der Waals surface area contributed by atoms with Crippen molar-refractivity contribution in [2.24, 2.45) is 0 Å². The van der Waals surface area contributed by atoms with Crippen molar-refractivity contribution in [2.45, 2.75) is 43.8 Å². The van der Waals surface area contributed by atoms with E-state index in [4.69, 9.17) is 0 Å². The Labute approximate surface area is 99.0 Å². The van der Waals surface area contributed by atoms with Gasteiger partial charge in [0.05, 0.1) is 8.07 Å². The lowest BCUT2D eigenvalue weighted by molar-refractivity contribution is 0.464. The molecule has 1 rings (SSSR count). The molecule has 0 bridgehead atoms. The largest absolute Gasteiger partial charge is 0.285 e. The number of rotatable bonds is 2. The summed E-state index contributed by atoms with van der Waals surface area (Å²) in [4.78, 5) is 0. The Morgan fingerprint density at radius 3 is 2.25 bits per heavy atom. The molecule has 0 aliphatic heterocycles. The lowest BCUT2D eigenvalue weighted by atomic mass is 9.97. The van der Waals surface area contributed by atoms with Gasteiger partial charge in [-0.2, -0.15) is 8.42 Å². The second kappa shape index (κ2) is 3.82. The van der Waals surface area contributed by atoms with Gasteiger partial charge in [-0.25, -0.2) is 0 Å². The first-order valence-electron chi connectivity index (χ1n) is 5.32. The fourth-order valence-corrected chi connectivity index (χ4v) is 6.18. The molecule has 16 heavy (non-hydrogen) atoms. The Morgan fingerprint density at radius 2 is 1.88 bits per heavy atom. The van der Waals surface area contributed by atoms with Crippen LogP contribution in [0.5, 0.6) is 0 Å². The fourth-order valence-electron chi connectivity index (χ4n) is 2.09. The average molecular weight is 260 g/mol. The summed E-state index contributed by atoms with van der Waals surface area (Å²) in [6, 6.07) is 0. The van der Waals surface area contributed by atoms with Gasteiger partial charge in [0.2, 0.25) is 0 Å². The van der Waals surface area contributed by atoms with Crippen molar-refractivity contribution in [3.63, 3.8) is 0 Å². The summed E-state index contributed by atoms with van der Waals surface area (Å²) in [5.74, 6) is 0. The van der Waals surface area contributed by atoms with E-state index in [9.17, 15) is 13.0 Å². The molecule has 0 aromatic heterocycles. The highest BCUT2D eigenvalue weighted by Gasteiger charge is 2.49. The van der Waals surface area contributed by atoms with E-state index in [0.717, 1.165) is 5.57 Å². The van der Waals surface area contributed by atoms with Crippen LogP contribution in [0.4, 0.5) is 0 Å². The van der Waals surface area contributed by atoms with Crippen LogP contribution < -0.4 is 0 Å². The quantitative estimate of drug-likeness (QED) is 0.613. The van der Waals surface area contributed by atoms with Gasteiger partial charge >= 0.3 is 0 Å². The maximum absolute atomic E-state index is 11.5. The molecule has 2 unspecified atom stereocenters. The van der Waals surface area contributed by atoms with E-state index in [-0.39, 0.29) is 0 Å². The summed E-state index contributed by atoms with van der Waals surface area (Å²) in [5.41, 5.74) is 1.06. The Balaban J connectivity index is 3.38. The molecule has 0 amide bonds. The molecule has 1 aliphatic carbocycles. The molecule has 0 heterocycles. The molecule has 5 heteroatoms. The van der Waals surface area contributed by atoms with Crippen molar-refractivity contribution in [1.29, 1.82) is 0 Å². The number of allylic oxidation sites excluding steroid dienone is 3. The Kier molecular flexibility index (Phi) is 3.26. The lowest BCUT2D eigenvalue weighted by Crippen LogP contribution is -2.47. The van der Waals surface area contributed by atoms with Gasteiger partial charge in [0.1, 0.15) is 5.25 Å². The standard InChI is InChI=1S/C11H20O3SSi/c1-9-6-7-10(15(12,13)14)11(2,8-9)16(3,4)5/h6-8,10H,1-5H3,(H,12,13,14). The first-order chi connectivity index (χ1) is 6.98. The molecule has 0 spiro atoms. The summed E-state index contributed by atoms with van der Waals surface area (Å²) >= 11 is 0. The Morgan fingerprint density at radius 1 is 1.38 bits per heavy atom. The van der Waals surface area contributed by atoms with Crippen LogP contribution in [0.15, 0.2) is 23.8 Å². The van der Waals surface area contributed by atoms with E-state index in [1.807, 2.05) is 19.9 Å². The highest BCUT2D eigenvalue weighted by atomic mass is 32.2. The van der Waals surface area contributed by atoms with Crippen LogP contribution in [-0.4, -0.2) is 26.3 Å². The van der Waals surface area contributed by atoms with E-state index in [2.05, 4.69) is 19.6 Å². The van der Waals surface area contributed by atoms with Gasteiger partial charge in [-0.3, -0.25) is 4.55 Å². The van der Waals surface area contributed by atoms with Crippen LogP contribution in [0.3, 0.4) is 0 Å². The van der Waals surface area contributed by atoms with E-state index >= 15 is 0 Å². The van der Waals surface area contributed by atoms with Crippen LogP contribution in [-0.2, 0) is 10.1 Å². The number of hydrogen-bond acceptors (Lipinski definition) is 2.